The molecular formula is C14H29N3O3S. The summed E-state index contributed by atoms with van der Waals surface area (Å²) >= 11 is 0. The average molecular weight is 319 g/mol. The first-order valence-corrected chi connectivity index (χ1v) is 9.01. The zero-order chi connectivity index (χ0) is 16.3. The fourth-order valence-corrected chi connectivity index (χ4v) is 3.67. The summed E-state index contributed by atoms with van der Waals surface area (Å²) in [4.78, 5) is 14.0. The molecule has 0 unspecified atom stereocenters. The molecule has 0 radical (unpaired) electrons. The lowest BCUT2D eigenvalue weighted by Gasteiger charge is -2.38. The number of rotatable bonds is 5. The van der Waals surface area contributed by atoms with Crippen LogP contribution in [0, 0.1) is 5.41 Å². The second kappa shape index (κ2) is 7.07. The Bertz CT molecular complexity index is 449. The zero-order valence-electron chi connectivity index (χ0n) is 13.9. The smallest absolute Gasteiger partial charge is 0.281 e. The van der Waals surface area contributed by atoms with Crippen molar-refractivity contribution >= 4 is 16.1 Å². The van der Waals surface area contributed by atoms with Crippen molar-refractivity contribution in [2.24, 2.45) is 5.41 Å². The van der Waals surface area contributed by atoms with Crippen LogP contribution in [0.2, 0.25) is 0 Å². The summed E-state index contributed by atoms with van der Waals surface area (Å²) in [7, 11) is -1.77. The number of piperazine rings is 1. The molecule has 1 heterocycles. The van der Waals surface area contributed by atoms with Crippen molar-refractivity contribution in [2.45, 2.75) is 40.5 Å². The van der Waals surface area contributed by atoms with Crippen molar-refractivity contribution < 1.29 is 13.2 Å². The molecule has 0 N–H and O–H groups in total. The fraction of sp³-hybridized carbons (Fsp3) is 0.929. The van der Waals surface area contributed by atoms with Crippen LogP contribution in [0.3, 0.4) is 0 Å². The van der Waals surface area contributed by atoms with Gasteiger partial charge in [0.25, 0.3) is 10.2 Å². The van der Waals surface area contributed by atoms with Gasteiger partial charge in [0, 0.05) is 45.2 Å². The van der Waals surface area contributed by atoms with Crippen molar-refractivity contribution in [1.29, 1.82) is 0 Å². The lowest BCUT2D eigenvalue weighted by molar-refractivity contribution is -0.140. The molecule has 6 nitrogen and oxygen atoms in total. The van der Waals surface area contributed by atoms with Crippen LogP contribution >= 0.6 is 0 Å². The van der Waals surface area contributed by atoms with Gasteiger partial charge in [0.1, 0.15) is 0 Å². The molecule has 0 aliphatic carbocycles. The van der Waals surface area contributed by atoms with Gasteiger partial charge in [0.05, 0.1) is 0 Å². The van der Waals surface area contributed by atoms with Crippen LogP contribution in [-0.2, 0) is 15.0 Å². The van der Waals surface area contributed by atoms with E-state index in [2.05, 4.69) is 0 Å². The summed E-state index contributed by atoms with van der Waals surface area (Å²) in [5.74, 6) is 0.0823. The van der Waals surface area contributed by atoms with E-state index in [4.69, 9.17) is 0 Å². The molecule has 21 heavy (non-hydrogen) atoms. The average Bonchev–Trinajstić information content (AvgIpc) is 2.42. The third kappa shape index (κ3) is 4.66. The molecule has 0 spiro atoms. The van der Waals surface area contributed by atoms with E-state index >= 15 is 0 Å². The highest BCUT2D eigenvalue weighted by molar-refractivity contribution is 7.86. The summed E-state index contributed by atoms with van der Waals surface area (Å²) in [5.41, 5.74) is -0.418. The maximum atomic E-state index is 12.4. The van der Waals surface area contributed by atoms with E-state index in [1.807, 2.05) is 27.7 Å². The van der Waals surface area contributed by atoms with E-state index in [9.17, 15) is 13.2 Å². The van der Waals surface area contributed by atoms with Gasteiger partial charge < -0.3 is 4.90 Å². The number of hydrogen-bond acceptors (Lipinski definition) is 3. The van der Waals surface area contributed by atoms with Crippen LogP contribution in [0.4, 0.5) is 0 Å². The minimum absolute atomic E-state index is 0.0823. The van der Waals surface area contributed by atoms with Crippen molar-refractivity contribution in [3.8, 4) is 0 Å². The Morgan fingerprint density at radius 1 is 1.14 bits per heavy atom. The van der Waals surface area contributed by atoms with E-state index in [0.717, 1.165) is 12.8 Å². The van der Waals surface area contributed by atoms with Crippen molar-refractivity contribution in [2.75, 3.05) is 39.8 Å². The number of carbonyl (C=O) groups excluding carboxylic acids is 1. The van der Waals surface area contributed by atoms with Crippen LogP contribution in [0.15, 0.2) is 0 Å². The van der Waals surface area contributed by atoms with Crippen LogP contribution in [0.5, 0.6) is 0 Å². The Balaban J connectivity index is 2.62. The number of nitrogens with zero attached hydrogens (tertiary/aromatic N) is 3. The van der Waals surface area contributed by atoms with E-state index in [0.29, 0.717) is 32.7 Å². The monoisotopic (exact) mass is 319 g/mol. The second-order valence-electron chi connectivity index (χ2n) is 6.62. The molecule has 0 saturated carbocycles. The van der Waals surface area contributed by atoms with E-state index in [1.165, 1.54) is 8.61 Å². The summed E-state index contributed by atoms with van der Waals surface area (Å²) < 4.78 is 27.7. The third-order valence-corrected chi connectivity index (χ3v) is 5.70. The first kappa shape index (κ1) is 18.4. The molecular weight excluding hydrogens is 290 g/mol. The summed E-state index contributed by atoms with van der Waals surface area (Å²) in [6.45, 7) is 9.93. The summed E-state index contributed by atoms with van der Waals surface area (Å²) in [6.07, 6.45) is 1.83. The molecule has 1 aliphatic rings. The molecule has 0 aromatic rings. The van der Waals surface area contributed by atoms with Crippen LogP contribution < -0.4 is 0 Å². The van der Waals surface area contributed by atoms with E-state index in [-0.39, 0.29) is 5.91 Å². The SMILES string of the molecule is CCCCN(C)S(=O)(=O)N1CCN(C(=O)C(C)(C)C)CC1. The predicted molar refractivity (Wildman–Crippen MR) is 84.1 cm³/mol. The van der Waals surface area contributed by atoms with Gasteiger partial charge in [-0.3, -0.25) is 4.79 Å². The minimum Gasteiger partial charge on any atom is -0.340 e. The zero-order valence-corrected chi connectivity index (χ0v) is 14.7. The number of hydrogen-bond donors (Lipinski definition) is 0. The van der Waals surface area contributed by atoms with Gasteiger partial charge in [0.2, 0.25) is 5.91 Å². The van der Waals surface area contributed by atoms with Gasteiger partial charge in [-0.2, -0.15) is 17.0 Å². The normalized spacial score (nSPS) is 18.3. The second-order valence-corrected chi connectivity index (χ2v) is 8.66. The quantitative estimate of drug-likeness (QED) is 0.764. The number of carbonyl (C=O) groups is 1. The molecule has 0 atom stereocenters. The highest BCUT2D eigenvalue weighted by atomic mass is 32.2. The molecule has 1 rings (SSSR count). The van der Waals surface area contributed by atoms with Crippen LogP contribution in [0.25, 0.3) is 0 Å². The Kier molecular flexibility index (Phi) is 6.19. The first-order chi connectivity index (χ1) is 9.60. The maximum absolute atomic E-state index is 12.4. The maximum Gasteiger partial charge on any atom is 0.281 e. The topological polar surface area (TPSA) is 60.9 Å². The van der Waals surface area contributed by atoms with E-state index < -0.39 is 15.6 Å². The van der Waals surface area contributed by atoms with Crippen molar-refractivity contribution in [3.05, 3.63) is 0 Å². The van der Waals surface area contributed by atoms with E-state index in [1.54, 1.807) is 11.9 Å². The Labute approximate surface area is 129 Å². The molecule has 124 valence electrons. The predicted octanol–water partition coefficient (Wildman–Crippen LogP) is 1.15. The van der Waals surface area contributed by atoms with Gasteiger partial charge in [-0.15, -0.1) is 0 Å². The highest BCUT2D eigenvalue weighted by Crippen LogP contribution is 2.20. The van der Waals surface area contributed by atoms with Gasteiger partial charge in [-0.1, -0.05) is 34.1 Å². The van der Waals surface area contributed by atoms with Crippen molar-refractivity contribution in [1.82, 2.24) is 13.5 Å². The van der Waals surface area contributed by atoms with Crippen molar-refractivity contribution in [3.63, 3.8) is 0 Å². The van der Waals surface area contributed by atoms with Gasteiger partial charge >= 0.3 is 0 Å². The molecule has 1 aliphatic heterocycles. The molecule has 1 amide bonds. The Morgan fingerprint density at radius 3 is 2.10 bits per heavy atom. The summed E-state index contributed by atoms with van der Waals surface area (Å²) in [6, 6.07) is 0. The van der Waals surface area contributed by atoms with Gasteiger partial charge in [-0.05, 0) is 6.42 Å². The minimum atomic E-state index is -3.39. The van der Waals surface area contributed by atoms with Gasteiger partial charge in [-0.25, -0.2) is 0 Å². The number of unbranched alkanes of at least 4 members (excludes halogenated alkanes) is 1. The van der Waals surface area contributed by atoms with Crippen LogP contribution in [0.1, 0.15) is 40.5 Å². The third-order valence-electron chi connectivity index (χ3n) is 3.71. The summed E-state index contributed by atoms with van der Waals surface area (Å²) in [5, 5.41) is 0. The van der Waals surface area contributed by atoms with Gasteiger partial charge in [0.15, 0.2) is 0 Å². The molecule has 1 fully saturated rings. The first-order valence-electron chi connectivity index (χ1n) is 7.61. The van der Waals surface area contributed by atoms with Crippen LogP contribution in [-0.4, -0.2) is 67.6 Å². The fourth-order valence-electron chi connectivity index (χ4n) is 2.29. The molecule has 0 aromatic carbocycles. The number of amides is 1. The molecule has 7 heteroatoms. The largest absolute Gasteiger partial charge is 0.340 e. The lowest BCUT2D eigenvalue weighted by Crippen LogP contribution is -2.55. The lowest BCUT2D eigenvalue weighted by atomic mass is 9.94. The Morgan fingerprint density at radius 2 is 1.67 bits per heavy atom. The molecule has 1 saturated heterocycles. The Hall–Kier alpha value is -0.660. The molecule has 0 aromatic heterocycles. The standard InChI is InChI=1S/C14H29N3O3S/c1-6-7-8-15(5)21(19,20)17-11-9-16(10-12-17)13(18)14(2,3)4/h6-12H2,1-5H3. The molecule has 0 bridgehead atoms. The highest BCUT2D eigenvalue weighted by Gasteiger charge is 2.34.